The van der Waals surface area contributed by atoms with Crippen LogP contribution in [-0.4, -0.2) is 30.4 Å². The van der Waals surface area contributed by atoms with E-state index < -0.39 is 11.7 Å². The number of likely N-dealkylation sites (N-methyl/N-ethyl adjacent to an activating group) is 1. The van der Waals surface area contributed by atoms with Crippen molar-refractivity contribution in [3.05, 3.63) is 29.8 Å². The van der Waals surface area contributed by atoms with Crippen molar-refractivity contribution in [1.29, 1.82) is 0 Å². The lowest BCUT2D eigenvalue weighted by molar-refractivity contribution is -0.137. The highest BCUT2D eigenvalue weighted by Crippen LogP contribution is 2.30. The predicted octanol–water partition coefficient (Wildman–Crippen LogP) is 2.98. The van der Waals surface area contributed by atoms with Crippen molar-refractivity contribution in [2.75, 3.05) is 18.9 Å². The average molecular weight is 274 g/mol. The third-order valence-electron chi connectivity index (χ3n) is 2.80. The first kappa shape index (κ1) is 15.3. The number of alkyl halides is 3. The van der Waals surface area contributed by atoms with Gasteiger partial charge in [0, 0.05) is 18.8 Å². The highest BCUT2D eigenvalue weighted by molar-refractivity contribution is 5.80. The Morgan fingerprint density at radius 3 is 2.53 bits per heavy atom. The van der Waals surface area contributed by atoms with Crippen LogP contribution in [0.5, 0.6) is 0 Å². The van der Waals surface area contributed by atoms with Crippen molar-refractivity contribution >= 4 is 11.6 Å². The maximum Gasteiger partial charge on any atom is 0.416 e. The molecule has 0 radical (unpaired) electrons. The highest BCUT2D eigenvalue weighted by Gasteiger charge is 2.30. The second kappa shape index (κ2) is 5.95. The summed E-state index contributed by atoms with van der Waals surface area (Å²) in [6.45, 7) is 3.69. The van der Waals surface area contributed by atoms with Gasteiger partial charge in [-0.3, -0.25) is 4.79 Å². The van der Waals surface area contributed by atoms with Gasteiger partial charge in [0.15, 0.2) is 0 Å². The first-order chi connectivity index (χ1) is 8.71. The summed E-state index contributed by atoms with van der Waals surface area (Å²) in [4.78, 5) is 13.2. The number of amides is 1. The summed E-state index contributed by atoms with van der Waals surface area (Å²) in [5.74, 6) is -0.174. The van der Waals surface area contributed by atoms with E-state index in [1.165, 1.54) is 17.0 Å². The Hall–Kier alpha value is -1.72. The summed E-state index contributed by atoms with van der Waals surface area (Å²) >= 11 is 0. The quantitative estimate of drug-likeness (QED) is 0.915. The molecule has 6 heteroatoms. The molecule has 106 valence electrons. The Kier molecular flexibility index (Phi) is 4.80. The van der Waals surface area contributed by atoms with Crippen LogP contribution in [0.3, 0.4) is 0 Å². The SMILES string of the molecule is CC(C)N(C)C(=O)CNc1cccc(C(F)(F)F)c1. The average Bonchev–Trinajstić information content (AvgIpc) is 2.34. The van der Waals surface area contributed by atoms with Crippen LogP contribution in [0.4, 0.5) is 18.9 Å². The molecule has 19 heavy (non-hydrogen) atoms. The first-order valence-electron chi connectivity index (χ1n) is 5.88. The number of benzene rings is 1. The second-order valence-electron chi connectivity index (χ2n) is 4.53. The van der Waals surface area contributed by atoms with Crippen molar-refractivity contribution in [3.63, 3.8) is 0 Å². The topological polar surface area (TPSA) is 32.3 Å². The van der Waals surface area contributed by atoms with E-state index >= 15 is 0 Å². The van der Waals surface area contributed by atoms with Gasteiger partial charge in [0.1, 0.15) is 0 Å². The molecule has 0 heterocycles. The summed E-state index contributed by atoms with van der Waals surface area (Å²) in [5.41, 5.74) is -0.456. The van der Waals surface area contributed by atoms with E-state index in [0.717, 1.165) is 12.1 Å². The summed E-state index contributed by atoms with van der Waals surface area (Å²) in [5, 5.41) is 2.70. The summed E-state index contributed by atoms with van der Waals surface area (Å²) < 4.78 is 37.5. The summed E-state index contributed by atoms with van der Waals surface area (Å²) in [6, 6.07) is 4.84. The zero-order valence-electron chi connectivity index (χ0n) is 11.1. The molecule has 0 spiro atoms. The standard InChI is InChI=1S/C13H17F3N2O/c1-9(2)18(3)12(19)8-17-11-6-4-5-10(7-11)13(14,15)16/h4-7,9,17H,8H2,1-3H3. The molecule has 3 nitrogen and oxygen atoms in total. The van der Waals surface area contributed by atoms with Gasteiger partial charge in [-0.2, -0.15) is 13.2 Å². The second-order valence-corrected chi connectivity index (χ2v) is 4.53. The number of carbonyl (C=O) groups excluding carboxylic acids is 1. The van der Waals surface area contributed by atoms with Gasteiger partial charge in [0.25, 0.3) is 0 Å². The van der Waals surface area contributed by atoms with Gasteiger partial charge in [-0.15, -0.1) is 0 Å². The van der Waals surface area contributed by atoms with Crippen molar-refractivity contribution in [3.8, 4) is 0 Å². The molecule has 0 saturated carbocycles. The molecule has 1 aromatic carbocycles. The van der Waals surface area contributed by atoms with Gasteiger partial charge in [0.2, 0.25) is 5.91 Å². The minimum absolute atomic E-state index is 0.0318. The lowest BCUT2D eigenvalue weighted by Gasteiger charge is -2.21. The third-order valence-corrected chi connectivity index (χ3v) is 2.80. The van der Waals surface area contributed by atoms with Crippen LogP contribution in [0.2, 0.25) is 0 Å². The fraction of sp³-hybridized carbons (Fsp3) is 0.462. The molecular weight excluding hydrogens is 257 g/mol. The lowest BCUT2D eigenvalue weighted by atomic mass is 10.2. The Balaban J connectivity index is 2.66. The molecule has 0 aliphatic carbocycles. The third kappa shape index (κ3) is 4.46. The van der Waals surface area contributed by atoms with Gasteiger partial charge in [-0.1, -0.05) is 6.07 Å². The maximum atomic E-state index is 12.5. The molecule has 0 bridgehead atoms. The molecule has 0 saturated heterocycles. The Bertz CT molecular complexity index is 444. The van der Waals surface area contributed by atoms with Crippen LogP contribution in [0.15, 0.2) is 24.3 Å². The van der Waals surface area contributed by atoms with E-state index in [0.29, 0.717) is 0 Å². The van der Waals surface area contributed by atoms with Crippen LogP contribution in [0.1, 0.15) is 19.4 Å². The van der Waals surface area contributed by atoms with E-state index in [-0.39, 0.29) is 24.2 Å². The monoisotopic (exact) mass is 274 g/mol. The number of halogens is 3. The highest BCUT2D eigenvalue weighted by atomic mass is 19.4. The van der Waals surface area contributed by atoms with Crippen LogP contribution in [-0.2, 0) is 11.0 Å². The van der Waals surface area contributed by atoms with Crippen LogP contribution in [0.25, 0.3) is 0 Å². The number of carbonyl (C=O) groups is 1. The van der Waals surface area contributed by atoms with Gasteiger partial charge in [-0.05, 0) is 32.0 Å². The molecule has 1 N–H and O–H groups in total. The fourth-order valence-corrected chi connectivity index (χ4v) is 1.40. The van der Waals surface area contributed by atoms with Crippen LogP contribution in [0, 0.1) is 0 Å². The molecule has 1 rings (SSSR count). The lowest BCUT2D eigenvalue weighted by Crippen LogP contribution is -2.37. The first-order valence-corrected chi connectivity index (χ1v) is 5.88. The van der Waals surface area contributed by atoms with Crippen molar-refractivity contribution in [2.24, 2.45) is 0 Å². The van der Waals surface area contributed by atoms with E-state index in [9.17, 15) is 18.0 Å². The number of hydrogen-bond donors (Lipinski definition) is 1. The molecule has 0 fully saturated rings. The molecule has 0 unspecified atom stereocenters. The smallest absolute Gasteiger partial charge is 0.376 e. The zero-order valence-corrected chi connectivity index (χ0v) is 11.1. The Labute approximate surface area is 110 Å². The summed E-state index contributed by atoms with van der Waals surface area (Å²) in [7, 11) is 1.65. The molecule has 0 aromatic heterocycles. The minimum Gasteiger partial charge on any atom is -0.376 e. The maximum absolute atomic E-state index is 12.5. The van der Waals surface area contributed by atoms with Crippen molar-refractivity contribution in [1.82, 2.24) is 4.90 Å². The summed E-state index contributed by atoms with van der Waals surface area (Å²) in [6.07, 6.45) is -4.38. The van der Waals surface area contributed by atoms with Crippen molar-refractivity contribution < 1.29 is 18.0 Å². The van der Waals surface area contributed by atoms with E-state index in [1.807, 2.05) is 13.8 Å². The Morgan fingerprint density at radius 1 is 1.37 bits per heavy atom. The Morgan fingerprint density at radius 2 is 2.00 bits per heavy atom. The van der Waals surface area contributed by atoms with Crippen LogP contribution >= 0.6 is 0 Å². The largest absolute Gasteiger partial charge is 0.416 e. The van der Waals surface area contributed by atoms with E-state index in [1.54, 1.807) is 7.05 Å². The van der Waals surface area contributed by atoms with E-state index in [4.69, 9.17) is 0 Å². The number of nitrogens with zero attached hydrogens (tertiary/aromatic N) is 1. The molecular formula is C13H17F3N2O. The molecule has 0 aliphatic rings. The van der Waals surface area contributed by atoms with Gasteiger partial charge >= 0.3 is 6.18 Å². The predicted molar refractivity (Wildman–Crippen MR) is 67.8 cm³/mol. The number of anilines is 1. The number of rotatable bonds is 4. The van der Waals surface area contributed by atoms with Crippen LogP contribution < -0.4 is 5.32 Å². The van der Waals surface area contributed by atoms with Gasteiger partial charge < -0.3 is 10.2 Å². The molecule has 1 amide bonds. The zero-order chi connectivity index (χ0) is 14.6. The molecule has 1 aromatic rings. The van der Waals surface area contributed by atoms with Gasteiger partial charge in [0.05, 0.1) is 12.1 Å². The molecule has 0 atom stereocenters. The normalized spacial score (nSPS) is 11.5. The van der Waals surface area contributed by atoms with Crippen molar-refractivity contribution in [2.45, 2.75) is 26.1 Å². The fourth-order valence-electron chi connectivity index (χ4n) is 1.40. The van der Waals surface area contributed by atoms with E-state index in [2.05, 4.69) is 5.32 Å². The molecule has 0 aliphatic heterocycles. The number of hydrogen-bond acceptors (Lipinski definition) is 2. The number of nitrogens with one attached hydrogen (secondary N) is 1. The van der Waals surface area contributed by atoms with Gasteiger partial charge in [-0.25, -0.2) is 0 Å². The minimum atomic E-state index is -4.38.